The molecule has 1 amide bonds. The van der Waals surface area contributed by atoms with Crippen LogP contribution in [0.5, 0.6) is 0 Å². The van der Waals surface area contributed by atoms with E-state index in [2.05, 4.69) is 5.32 Å². The Labute approximate surface area is 160 Å². The molecule has 27 heavy (non-hydrogen) atoms. The predicted molar refractivity (Wildman–Crippen MR) is 99.6 cm³/mol. The second-order valence-corrected chi connectivity index (χ2v) is 8.19. The van der Waals surface area contributed by atoms with Gasteiger partial charge in [-0.1, -0.05) is 12.1 Å². The number of ether oxygens (including phenoxy) is 3. The van der Waals surface area contributed by atoms with Gasteiger partial charge in [-0.3, -0.25) is 0 Å². The molecule has 2 atom stereocenters. The number of rotatable bonds is 2. The van der Waals surface area contributed by atoms with Crippen molar-refractivity contribution in [2.24, 2.45) is 0 Å². The van der Waals surface area contributed by atoms with Crippen molar-refractivity contribution in [1.29, 1.82) is 0 Å². The maximum Gasteiger partial charge on any atom is 0.410 e. The fraction of sp³-hybridized carbons (Fsp3) is 0.600. The maximum absolute atomic E-state index is 12.3. The first kappa shape index (κ1) is 19.6. The number of morpholine rings is 1. The number of nitrogens with one attached hydrogen (secondary N) is 1. The van der Waals surface area contributed by atoms with Gasteiger partial charge in [-0.15, -0.1) is 0 Å². The first-order valence-electron chi connectivity index (χ1n) is 9.25. The van der Waals surface area contributed by atoms with Gasteiger partial charge in [-0.05, 0) is 44.9 Å². The lowest BCUT2D eigenvalue weighted by Gasteiger charge is -2.38. The fourth-order valence-corrected chi connectivity index (χ4v) is 3.45. The van der Waals surface area contributed by atoms with Crippen LogP contribution in [0, 0.1) is 0 Å². The third-order valence-electron chi connectivity index (χ3n) is 4.93. The highest BCUT2D eigenvalue weighted by Crippen LogP contribution is 2.31. The van der Waals surface area contributed by atoms with Gasteiger partial charge in [0.05, 0.1) is 37.5 Å². The van der Waals surface area contributed by atoms with Gasteiger partial charge in [0.1, 0.15) is 5.60 Å². The van der Waals surface area contributed by atoms with Gasteiger partial charge in [0.15, 0.2) is 0 Å². The van der Waals surface area contributed by atoms with Gasteiger partial charge >= 0.3 is 12.1 Å². The highest BCUT2D eigenvalue weighted by molar-refractivity contribution is 5.89. The monoisotopic (exact) mass is 376 g/mol. The van der Waals surface area contributed by atoms with Crippen LogP contribution in [0.1, 0.15) is 49.2 Å². The first-order valence-corrected chi connectivity index (χ1v) is 9.25. The molecule has 1 spiro atoms. The lowest BCUT2D eigenvalue weighted by atomic mass is 9.97. The van der Waals surface area contributed by atoms with Crippen LogP contribution in [-0.4, -0.2) is 61.5 Å². The Balaban J connectivity index is 1.56. The lowest BCUT2D eigenvalue weighted by Crippen LogP contribution is -2.53. The largest absolute Gasteiger partial charge is 0.465 e. The van der Waals surface area contributed by atoms with Gasteiger partial charge in [-0.25, -0.2) is 9.59 Å². The number of carbonyl (C=O) groups is 2. The van der Waals surface area contributed by atoms with E-state index in [1.165, 1.54) is 7.11 Å². The Bertz CT molecular complexity index is 687. The SMILES string of the molecule is COC(=O)c1ccc([C@H]2CO[C@@]3(CCN(C(=O)OC(C)(C)C)C3)CN2)cc1. The molecule has 0 aliphatic carbocycles. The fourth-order valence-electron chi connectivity index (χ4n) is 3.45. The summed E-state index contributed by atoms with van der Waals surface area (Å²) in [5, 5.41) is 3.52. The third-order valence-corrected chi connectivity index (χ3v) is 4.93. The zero-order valence-corrected chi connectivity index (χ0v) is 16.4. The average molecular weight is 376 g/mol. The Morgan fingerprint density at radius 2 is 1.96 bits per heavy atom. The van der Waals surface area contributed by atoms with E-state index in [-0.39, 0.29) is 23.7 Å². The summed E-state index contributed by atoms with van der Waals surface area (Å²) < 4.78 is 16.4. The number of esters is 1. The van der Waals surface area contributed by atoms with Crippen LogP contribution in [0.2, 0.25) is 0 Å². The molecule has 0 saturated carbocycles. The zero-order chi connectivity index (χ0) is 19.7. The number of nitrogens with zero attached hydrogens (tertiary/aromatic N) is 1. The molecule has 2 saturated heterocycles. The average Bonchev–Trinajstić information content (AvgIpc) is 3.04. The van der Waals surface area contributed by atoms with E-state index in [1.807, 2.05) is 32.9 Å². The summed E-state index contributed by atoms with van der Waals surface area (Å²) in [4.78, 5) is 25.5. The molecule has 2 fully saturated rings. The quantitative estimate of drug-likeness (QED) is 0.800. The number of benzene rings is 1. The molecule has 1 aromatic carbocycles. The van der Waals surface area contributed by atoms with Crippen LogP contribution in [0.4, 0.5) is 4.79 Å². The molecule has 7 heteroatoms. The smallest absolute Gasteiger partial charge is 0.410 e. The van der Waals surface area contributed by atoms with Gasteiger partial charge in [0, 0.05) is 13.1 Å². The normalized spacial score (nSPS) is 25.5. The Hall–Kier alpha value is -2.12. The van der Waals surface area contributed by atoms with E-state index in [0.717, 1.165) is 12.0 Å². The van der Waals surface area contributed by atoms with Crippen molar-refractivity contribution in [2.45, 2.75) is 44.4 Å². The molecule has 7 nitrogen and oxygen atoms in total. The Morgan fingerprint density at radius 1 is 1.26 bits per heavy atom. The van der Waals surface area contributed by atoms with Crippen molar-refractivity contribution < 1.29 is 23.8 Å². The molecule has 148 valence electrons. The van der Waals surface area contributed by atoms with E-state index >= 15 is 0 Å². The molecule has 3 rings (SSSR count). The molecule has 0 aromatic heterocycles. The number of amides is 1. The Morgan fingerprint density at radius 3 is 2.52 bits per heavy atom. The summed E-state index contributed by atoms with van der Waals surface area (Å²) >= 11 is 0. The molecule has 1 aromatic rings. The Kier molecular flexibility index (Phi) is 5.44. The minimum absolute atomic E-state index is 0.0536. The summed E-state index contributed by atoms with van der Waals surface area (Å²) in [6.07, 6.45) is 0.497. The molecule has 2 heterocycles. The van der Waals surface area contributed by atoms with E-state index in [0.29, 0.717) is 31.8 Å². The summed E-state index contributed by atoms with van der Waals surface area (Å²) in [6, 6.07) is 7.39. The molecule has 1 N–H and O–H groups in total. The van der Waals surface area contributed by atoms with Gasteiger partial charge in [-0.2, -0.15) is 0 Å². The molecule has 0 bridgehead atoms. The third kappa shape index (κ3) is 4.59. The molecule has 2 aliphatic rings. The number of hydrogen-bond acceptors (Lipinski definition) is 6. The van der Waals surface area contributed by atoms with Crippen LogP contribution >= 0.6 is 0 Å². The summed E-state index contributed by atoms with van der Waals surface area (Å²) in [7, 11) is 1.37. The summed E-state index contributed by atoms with van der Waals surface area (Å²) in [6.45, 7) is 7.94. The number of carbonyl (C=O) groups excluding carboxylic acids is 2. The second kappa shape index (κ2) is 7.48. The molecule has 0 unspecified atom stereocenters. The van der Waals surface area contributed by atoms with E-state index in [4.69, 9.17) is 14.2 Å². The second-order valence-electron chi connectivity index (χ2n) is 8.19. The molecule has 2 aliphatic heterocycles. The lowest BCUT2D eigenvalue weighted by molar-refractivity contribution is -0.0762. The van der Waals surface area contributed by atoms with E-state index in [1.54, 1.807) is 17.0 Å². The number of likely N-dealkylation sites (tertiary alicyclic amines) is 1. The maximum atomic E-state index is 12.3. The van der Waals surface area contributed by atoms with Gasteiger partial charge in [0.2, 0.25) is 0 Å². The van der Waals surface area contributed by atoms with Crippen LogP contribution in [0.25, 0.3) is 0 Å². The zero-order valence-electron chi connectivity index (χ0n) is 16.4. The number of methoxy groups -OCH3 is 1. The van der Waals surface area contributed by atoms with Crippen molar-refractivity contribution in [3.05, 3.63) is 35.4 Å². The highest BCUT2D eigenvalue weighted by Gasteiger charge is 2.44. The van der Waals surface area contributed by atoms with Crippen molar-refractivity contribution in [2.75, 3.05) is 33.4 Å². The summed E-state index contributed by atoms with van der Waals surface area (Å²) in [5.41, 5.74) is 0.719. The molecule has 0 radical (unpaired) electrons. The van der Waals surface area contributed by atoms with Crippen molar-refractivity contribution in [3.8, 4) is 0 Å². The van der Waals surface area contributed by atoms with Crippen LogP contribution < -0.4 is 5.32 Å². The van der Waals surface area contributed by atoms with Crippen molar-refractivity contribution in [1.82, 2.24) is 10.2 Å². The topological polar surface area (TPSA) is 77.1 Å². The van der Waals surface area contributed by atoms with E-state index in [9.17, 15) is 9.59 Å². The van der Waals surface area contributed by atoms with Gasteiger partial charge < -0.3 is 24.4 Å². The van der Waals surface area contributed by atoms with Crippen LogP contribution in [0.15, 0.2) is 24.3 Å². The molecular formula is C20H28N2O5. The summed E-state index contributed by atoms with van der Waals surface area (Å²) in [5.74, 6) is -0.346. The number of hydrogen-bond donors (Lipinski definition) is 1. The first-order chi connectivity index (χ1) is 12.7. The predicted octanol–water partition coefficient (Wildman–Crippen LogP) is 2.51. The van der Waals surface area contributed by atoms with E-state index < -0.39 is 5.60 Å². The van der Waals surface area contributed by atoms with Crippen LogP contribution in [-0.2, 0) is 14.2 Å². The highest BCUT2D eigenvalue weighted by atomic mass is 16.6. The van der Waals surface area contributed by atoms with Crippen LogP contribution in [0.3, 0.4) is 0 Å². The van der Waals surface area contributed by atoms with Crippen molar-refractivity contribution >= 4 is 12.1 Å². The minimum atomic E-state index is -0.500. The molecular weight excluding hydrogens is 348 g/mol. The standard InChI is InChI=1S/C20H28N2O5/c1-19(2,3)27-18(24)22-10-9-20(13-22)12-21-16(11-26-20)14-5-7-15(8-6-14)17(23)25-4/h5-8,16,21H,9-13H2,1-4H3/t16-,20+/m1/s1. The van der Waals surface area contributed by atoms with Crippen molar-refractivity contribution in [3.63, 3.8) is 0 Å². The van der Waals surface area contributed by atoms with Gasteiger partial charge in [0.25, 0.3) is 0 Å². The minimum Gasteiger partial charge on any atom is -0.465 e.